The Balaban J connectivity index is 1.53. The second kappa shape index (κ2) is 8.73. The standard InChI is InChI=1S/C17H30O5/c1-14(2)21-16(18)22-17(13-20-17)10-12-19-11-9-15-7-5-3-4-6-8-15/h14-15H,3-13H2,1-2H3. The molecule has 0 radical (unpaired) electrons. The van der Waals surface area contributed by atoms with Gasteiger partial charge in [-0.2, -0.15) is 0 Å². The molecule has 1 aliphatic carbocycles. The normalized spacial score (nSPS) is 25.8. The fraction of sp³-hybridized carbons (Fsp3) is 0.941. The average Bonchev–Trinajstić information content (AvgIpc) is 3.22. The first-order chi connectivity index (χ1) is 10.6. The van der Waals surface area contributed by atoms with E-state index in [1.807, 2.05) is 0 Å². The molecule has 0 spiro atoms. The highest BCUT2D eigenvalue weighted by Gasteiger charge is 2.49. The number of epoxide rings is 1. The summed E-state index contributed by atoms with van der Waals surface area (Å²) in [4.78, 5) is 11.5. The molecule has 1 saturated carbocycles. The Labute approximate surface area is 133 Å². The summed E-state index contributed by atoms with van der Waals surface area (Å²) in [5.74, 6) is 0.0276. The molecule has 1 atom stereocenters. The lowest BCUT2D eigenvalue weighted by atomic mass is 9.97. The first-order valence-electron chi connectivity index (χ1n) is 8.71. The number of ether oxygens (including phenoxy) is 4. The molecule has 0 aromatic rings. The van der Waals surface area contributed by atoms with Crippen molar-refractivity contribution in [1.82, 2.24) is 0 Å². The highest BCUT2D eigenvalue weighted by molar-refractivity contribution is 5.60. The fourth-order valence-electron chi connectivity index (χ4n) is 2.94. The molecule has 1 heterocycles. The Hall–Kier alpha value is -0.810. The van der Waals surface area contributed by atoms with Crippen LogP contribution in [-0.4, -0.2) is 37.9 Å². The maximum absolute atomic E-state index is 11.5. The molecule has 1 unspecified atom stereocenters. The van der Waals surface area contributed by atoms with E-state index in [4.69, 9.17) is 18.9 Å². The van der Waals surface area contributed by atoms with E-state index in [1.165, 1.54) is 38.5 Å². The molecule has 2 rings (SSSR count). The highest BCUT2D eigenvalue weighted by atomic mass is 16.9. The van der Waals surface area contributed by atoms with Gasteiger partial charge >= 0.3 is 6.16 Å². The molecule has 1 saturated heterocycles. The molecule has 0 aromatic carbocycles. The lowest BCUT2D eigenvalue weighted by molar-refractivity contribution is -0.0581. The Kier molecular flexibility index (Phi) is 6.96. The van der Waals surface area contributed by atoms with Crippen molar-refractivity contribution in [3.8, 4) is 0 Å². The summed E-state index contributed by atoms with van der Waals surface area (Å²) < 4.78 is 21.1. The topological polar surface area (TPSA) is 57.3 Å². The van der Waals surface area contributed by atoms with E-state index >= 15 is 0 Å². The van der Waals surface area contributed by atoms with E-state index in [2.05, 4.69) is 0 Å². The van der Waals surface area contributed by atoms with Crippen molar-refractivity contribution in [2.45, 2.75) is 77.1 Å². The van der Waals surface area contributed by atoms with Gasteiger partial charge in [-0.3, -0.25) is 0 Å². The Morgan fingerprint density at radius 2 is 1.86 bits per heavy atom. The van der Waals surface area contributed by atoms with Crippen molar-refractivity contribution < 1.29 is 23.7 Å². The molecule has 2 aliphatic rings. The fourth-order valence-corrected chi connectivity index (χ4v) is 2.94. The molecule has 2 fully saturated rings. The minimum absolute atomic E-state index is 0.181. The Morgan fingerprint density at radius 1 is 1.18 bits per heavy atom. The minimum Gasteiger partial charge on any atom is -0.432 e. The second-order valence-electron chi connectivity index (χ2n) is 6.73. The molecule has 22 heavy (non-hydrogen) atoms. The smallest absolute Gasteiger partial charge is 0.432 e. The van der Waals surface area contributed by atoms with Crippen molar-refractivity contribution >= 4 is 6.16 Å². The molecule has 128 valence electrons. The Morgan fingerprint density at radius 3 is 2.45 bits per heavy atom. The zero-order chi connectivity index (χ0) is 15.8. The lowest BCUT2D eigenvalue weighted by Gasteiger charge is -2.16. The van der Waals surface area contributed by atoms with Crippen LogP contribution in [0.2, 0.25) is 0 Å². The highest BCUT2D eigenvalue weighted by Crippen LogP contribution is 2.33. The summed E-state index contributed by atoms with van der Waals surface area (Å²) in [6, 6.07) is 0. The van der Waals surface area contributed by atoms with Crippen LogP contribution < -0.4 is 0 Å². The zero-order valence-electron chi connectivity index (χ0n) is 14.0. The number of hydrogen-bond donors (Lipinski definition) is 0. The maximum Gasteiger partial charge on any atom is 0.511 e. The number of rotatable bonds is 8. The summed E-state index contributed by atoms with van der Waals surface area (Å²) in [5, 5.41) is 0. The van der Waals surface area contributed by atoms with Crippen LogP contribution in [-0.2, 0) is 18.9 Å². The van der Waals surface area contributed by atoms with Gasteiger partial charge in [-0.05, 0) is 26.2 Å². The monoisotopic (exact) mass is 314 g/mol. The van der Waals surface area contributed by atoms with E-state index in [1.54, 1.807) is 13.8 Å². The van der Waals surface area contributed by atoms with Gasteiger partial charge in [-0.25, -0.2) is 4.79 Å². The first-order valence-corrected chi connectivity index (χ1v) is 8.71. The molecule has 5 heteroatoms. The van der Waals surface area contributed by atoms with Gasteiger partial charge in [0.25, 0.3) is 0 Å². The number of hydrogen-bond acceptors (Lipinski definition) is 5. The SMILES string of the molecule is CC(C)OC(=O)OC1(CCOCCC2CCCCCC2)CO1. The van der Waals surface area contributed by atoms with E-state index < -0.39 is 11.9 Å². The average molecular weight is 314 g/mol. The molecule has 0 aromatic heterocycles. The maximum atomic E-state index is 11.5. The van der Waals surface area contributed by atoms with E-state index in [9.17, 15) is 4.79 Å². The molecular weight excluding hydrogens is 284 g/mol. The van der Waals surface area contributed by atoms with Crippen LogP contribution in [0.25, 0.3) is 0 Å². The van der Waals surface area contributed by atoms with Gasteiger partial charge in [0.05, 0.1) is 12.7 Å². The van der Waals surface area contributed by atoms with E-state index in [-0.39, 0.29) is 6.10 Å². The third-order valence-electron chi connectivity index (χ3n) is 4.34. The van der Waals surface area contributed by atoms with Crippen LogP contribution in [0.15, 0.2) is 0 Å². The van der Waals surface area contributed by atoms with Gasteiger partial charge < -0.3 is 18.9 Å². The first kappa shape index (κ1) is 17.5. The van der Waals surface area contributed by atoms with Crippen molar-refractivity contribution in [2.24, 2.45) is 5.92 Å². The van der Waals surface area contributed by atoms with Crippen LogP contribution in [0.4, 0.5) is 4.79 Å². The van der Waals surface area contributed by atoms with Gasteiger partial charge in [0.15, 0.2) is 0 Å². The molecule has 5 nitrogen and oxygen atoms in total. The molecule has 1 aliphatic heterocycles. The zero-order valence-corrected chi connectivity index (χ0v) is 14.0. The third-order valence-corrected chi connectivity index (χ3v) is 4.34. The molecule has 0 bridgehead atoms. The van der Waals surface area contributed by atoms with Crippen LogP contribution in [0.1, 0.15) is 65.2 Å². The Bertz CT molecular complexity index is 330. The van der Waals surface area contributed by atoms with Crippen molar-refractivity contribution in [1.29, 1.82) is 0 Å². The van der Waals surface area contributed by atoms with Crippen molar-refractivity contribution in [3.05, 3.63) is 0 Å². The van der Waals surface area contributed by atoms with Crippen molar-refractivity contribution in [2.75, 3.05) is 19.8 Å². The summed E-state index contributed by atoms with van der Waals surface area (Å²) in [5.41, 5.74) is 0. The predicted molar refractivity (Wildman–Crippen MR) is 82.6 cm³/mol. The largest absolute Gasteiger partial charge is 0.511 e. The van der Waals surface area contributed by atoms with Crippen LogP contribution in [0, 0.1) is 5.92 Å². The molecule has 0 N–H and O–H groups in total. The lowest BCUT2D eigenvalue weighted by Crippen LogP contribution is -2.25. The second-order valence-corrected chi connectivity index (χ2v) is 6.73. The van der Waals surface area contributed by atoms with Gasteiger partial charge in [0.1, 0.15) is 6.61 Å². The van der Waals surface area contributed by atoms with Crippen LogP contribution in [0.5, 0.6) is 0 Å². The van der Waals surface area contributed by atoms with Crippen molar-refractivity contribution in [3.63, 3.8) is 0 Å². The van der Waals surface area contributed by atoms with E-state index in [0.717, 1.165) is 18.9 Å². The molecular formula is C17H30O5. The predicted octanol–water partition coefficient (Wildman–Crippen LogP) is 4.04. The number of carbonyl (C=O) groups excluding carboxylic acids is 1. The van der Waals surface area contributed by atoms with Crippen LogP contribution >= 0.6 is 0 Å². The minimum atomic E-state index is -0.797. The van der Waals surface area contributed by atoms with Gasteiger partial charge in [0.2, 0.25) is 5.79 Å². The van der Waals surface area contributed by atoms with E-state index in [0.29, 0.717) is 19.6 Å². The quantitative estimate of drug-likeness (QED) is 0.293. The molecule has 0 amide bonds. The summed E-state index contributed by atoms with van der Waals surface area (Å²) in [7, 11) is 0. The van der Waals surface area contributed by atoms with Gasteiger partial charge in [0, 0.05) is 13.0 Å². The number of carbonyl (C=O) groups is 1. The summed E-state index contributed by atoms with van der Waals surface area (Å²) in [6.45, 7) is 5.36. The van der Waals surface area contributed by atoms with Crippen LogP contribution in [0.3, 0.4) is 0 Å². The summed E-state index contributed by atoms with van der Waals surface area (Å²) >= 11 is 0. The third kappa shape index (κ3) is 6.53. The summed E-state index contributed by atoms with van der Waals surface area (Å²) in [6.07, 6.45) is 9.09. The van der Waals surface area contributed by atoms with Gasteiger partial charge in [-0.1, -0.05) is 38.5 Å². The van der Waals surface area contributed by atoms with Gasteiger partial charge in [-0.15, -0.1) is 0 Å².